The third-order valence-corrected chi connectivity index (χ3v) is 2.72. The van der Waals surface area contributed by atoms with Crippen molar-refractivity contribution in [2.75, 3.05) is 7.11 Å². The average molecular weight is 302 g/mol. The minimum atomic E-state index is -0.594. The van der Waals surface area contributed by atoms with E-state index in [1.807, 2.05) is 0 Å². The summed E-state index contributed by atoms with van der Waals surface area (Å²) in [6.45, 7) is 0.0400. The molecule has 19 heavy (non-hydrogen) atoms. The Morgan fingerprint density at radius 2 is 2.21 bits per heavy atom. The van der Waals surface area contributed by atoms with Crippen molar-refractivity contribution in [3.05, 3.63) is 46.1 Å². The summed E-state index contributed by atoms with van der Waals surface area (Å²) in [6, 6.07) is 4.85. The van der Waals surface area contributed by atoms with E-state index in [9.17, 15) is 4.79 Å². The van der Waals surface area contributed by atoms with Crippen molar-refractivity contribution in [3.8, 4) is 5.75 Å². The van der Waals surface area contributed by atoms with Crippen LogP contribution in [-0.4, -0.2) is 18.1 Å². The Bertz CT molecular complexity index is 597. The van der Waals surface area contributed by atoms with E-state index in [4.69, 9.17) is 32.4 Å². The first-order valence-corrected chi connectivity index (χ1v) is 5.96. The quantitative estimate of drug-likeness (QED) is 0.810. The first-order valence-electron chi connectivity index (χ1n) is 5.21. The largest absolute Gasteiger partial charge is 0.482 e. The summed E-state index contributed by atoms with van der Waals surface area (Å²) >= 11 is 11.7. The summed E-state index contributed by atoms with van der Waals surface area (Å²) in [6.07, 6.45) is 1.27. The normalized spacial score (nSPS) is 10.3. The Hall–Kier alpha value is -1.72. The molecular weight excluding hydrogens is 293 g/mol. The number of esters is 1. The van der Waals surface area contributed by atoms with Gasteiger partial charge in [0.15, 0.2) is 6.61 Å². The standard InChI is InChI=1S/C12H9Cl2NO4/c1-17-12(16)10-5-15-11(19-10)6-18-9-3-2-7(13)4-8(9)14/h2-5H,6H2,1H3. The Morgan fingerprint density at radius 3 is 2.89 bits per heavy atom. The number of benzene rings is 1. The molecule has 2 aromatic rings. The van der Waals surface area contributed by atoms with Gasteiger partial charge in [-0.15, -0.1) is 0 Å². The maximum Gasteiger partial charge on any atom is 0.375 e. The highest BCUT2D eigenvalue weighted by atomic mass is 35.5. The predicted molar refractivity (Wildman–Crippen MR) is 68.6 cm³/mol. The van der Waals surface area contributed by atoms with Gasteiger partial charge in [-0.3, -0.25) is 0 Å². The zero-order chi connectivity index (χ0) is 13.8. The van der Waals surface area contributed by atoms with Gasteiger partial charge in [-0.1, -0.05) is 23.2 Å². The van der Waals surface area contributed by atoms with E-state index in [2.05, 4.69) is 9.72 Å². The molecular formula is C12H9Cl2NO4. The van der Waals surface area contributed by atoms with Crippen molar-refractivity contribution in [2.45, 2.75) is 6.61 Å². The van der Waals surface area contributed by atoms with E-state index in [0.29, 0.717) is 15.8 Å². The molecule has 1 aromatic heterocycles. The second-order valence-corrected chi connectivity index (χ2v) is 4.32. The topological polar surface area (TPSA) is 61.6 Å². The number of oxazole rings is 1. The van der Waals surface area contributed by atoms with Crippen molar-refractivity contribution in [1.82, 2.24) is 4.98 Å². The Labute approximate surface area is 119 Å². The first kappa shape index (κ1) is 13.7. The van der Waals surface area contributed by atoms with Gasteiger partial charge < -0.3 is 13.9 Å². The lowest BCUT2D eigenvalue weighted by Crippen LogP contribution is -1.99. The number of rotatable bonds is 4. The highest BCUT2D eigenvalue weighted by Crippen LogP contribution is 2.28. The van der Waals surface area contributed by atoms with Gasteiger partial charge in [0.2, 0.25) is 11.7 Å². The van der Waals surface area contributed by atoms with Gasteiger partial charge in [0, 0.05) is 5.02 Å². The highest BCUT2D eigenvalue weighted by Gasteiger charge is 2.13. The molecule has 100 valence electrons. The number of aromatic nitrogens is 1. The maximum atomic E-state index is 11.2. The Kier molecular flexibility index (Phi) is 4.29. The Morgan fingerprint density at radius 1 is 1.42 bits per heavy atom. The molecule has 0 amide bonds. The van der Waals surface area contributed by atoms with Gasteiger partial charge in [-0.05, 0) is 18.2 Å². The molecule has 5 nitrogen and oxygen atoms in total. The average Bonchev–Trinajstić information content (AvgIpc) is 2.85. The van der Waals surface area contributed by atoms with Crippen molar-refractivity contribution in [3.63, 3.8) is 0 Å². The minimum Gasteiger partial charge on any atom is -0.482 e. The summed E-state index contributed by atoms with van der Waals surface area (Å²) in [7, 11) is 1.26. The van der Waals surface area contributed by atoms with Crippen LogP contribution in [0.5, 0.6) is 5.75 Å². The van der Waals surface area contributed by atoms with Gasteiger partial charge in [0.1, 0.15) is 5.75 Å². The van der Waals surface area contributed by atoms with Gasteiger partial charge in [-0.25, -0.2) is 9.78 Å². The highest BCUT2D eigenvalue weighted by molar-refractivity contribution is 6.35. The van der Waals surface area contributed by atoms with Crippen LogP contribution in [0.25, 0.3) is 0 Å². The SMILES string of the molecule is COC(=O)c1cnc(COc2ccc(Cl)cc2Cl)o1. The van der Waals surface area contributed by atoms with Crippen LogP contribution in [-0.2, 0) is 11.3 Å². The lowest BCUT2D eigenvalue weighted by Gasteiger charge is -2.05. The van der Waals surface area contributed by atoms with Crippen molar-refractivity contribution < 1.29 is 18.7 Å². The lowest BCUT2D eigenvalue weighted by atomic mass is 10.3. The second kappa shape index (κ2) is 5.95. The number of carbonyl (C=O) groups is 1. The fourth-order valence-electron chi connectivity index (χ4n) is 1.30. The second-order valence-electron chi connectivity index (χ2n) is 3.47. The van der Waals surface area contributed by atoms with Gasteiger partial charge in [0.05, 0.1) is 18.3 Å². The summed E-state index contributed by atoms with van der Waals surface area (Å²) in [5.74, 6) is 0.113. The number of hydrogen-bond acceptors (Lipinski definition) is 5. The number of hydrogen-bond donors (Lipinski definition) is 0. The molecule has 1 heterocycles. The van der Waals surface area contributed by atoms with Crippen LogP contribution in [0.3, 0.4) is 0 Å². The summed E-state index contributed by atoms with van der Waals surface area (Å²) in [5, 5.41) is 0.897. The Balaban J connectivity index is 2.02. The molecule has 0 bridgehead atoms. The van der Waals surface area contributed by atoms with Gasteiger partial charge in [0.25, 0.3) is 0 Å². The molecule has 0 spiro atoms. The van der Waals surface area contributed by atoms with Crippen LogP contribution >= 0.6 is 23.2 Å². The zero-order valence-corrected chi connectivity index (χ0v) is 11.4. The van der Waals surface area contributed by atoms with Crippen LogP contribution in [0.4, 0.5) is 0 Å². The molecule has 1 aromatic carbocycles. The molecule has 0 fully saturated rings. The molecule has 0 saturated carbocycles. The maximum absolute atomic E-state index is 11.2. The van der Waals surface area contributed by atoms with E-state index in [0.717, 1.165) is 0 Å². The lowest BCUT2D eigenvalue weighted by molar-refractivity contribution is 0.0561. The van der Waals surface area contributed by atoms with Crippen molar-refractivity contribution in [2.24, 2.45) is 0 Å². The molecule has 0 saturated heterocycles. The predicted octanol–water partition coefficient (Wildman–Crippen LogP) is 3.35. The molecule has 0 radical (unpaired) electrons. The van der Waals surface area contributed by atoms with Crippen LogP contribution < -0.4 is 4.74 Å². The molecule has 0 aliphatic heterocycles. The number of ether oxygens (including phenoxy) is 2. The van der Waals surface area contributed by atoms with Crippen LogP contribution in [0.1, 0.15) is 16.4 Å². The summed E-state index contributed by atoms with van der Waals surface area (Å²) < 4.78 is 15.0. The first-order chi connectivity index (χ1) is 9.10. The van der Waals surface area contributed by atoms with Crippen LogP contribution in [0, 0.1) is 0 Å². The van der Waals surface area contributed by atoms with Gasteiger partial charge in [-0.2, -0.15) is 0 Å². The number of methoxy groups -OCH3 is 1. The minimum absolute atomic E-state index is 0.0169. The van der Waals surface area contributed by atoms with E-state index in [1.54, 1.807) is 18.2 Å². The van der Waals surface area contributed by atoms with Crippen molar-refractivity contribution >= 4 is 29.2 Å². The fraction of sp³-hybridized carbons (Fsp3) is 0.167. The van der Waals surface area contributed by atoms with Crippen LogP contribution in [0.2, 0.25) is 10.0 Å². The zero-order valence-electron chi connectivity index (χ0n) is 9.85. The third kappa shape index (κ3) is 3.39. The van der Waals surface area contributed by atoms with Gasteiger partial charge >= 0.3 is 5.97 Å². The smallest absolute Gasteiger partial charge is 0.375 e. The molecule has 7 heteroatoms. The molecule has 0 unspecified atom stereocenters. The monoisotopic (exact) mass is 301 g/mol. The molecule has 0 N–H and O–H groups in total. The molecule has 2 rings (SSSR count). The fourth-order valence-corrected chi connectivity index (χ4v) is 1.77. The summed E-state index contributed by atoms with van der Waals surface area (Å²) in [4.78, 5) is 15.0. The van der Waals surface area contributed by atoms with E-state index < -0.39 is 5.97 Å². The van der Waals surface area contributed by atoms with Crippen molar-refractivity contribution in [1.29, 1.82) is 0 Å². The molecule has 0 aliphatic carbocycles. The third-order valence-electron chi connectivity index (χ3n) is 2.19. The number of halogens is 2. The number of nitrogens with zero attached hydrogens (tertiary/aromatic N) is 1. The summed E-state index contributed by atoms with van der Waals surface area (Å²) in [5.41, 5.74) is 0. The van der Waals surface area contributed by atoms with E-state index in [-0.39, 0.29) is 18.3 Å². The van der Waals surface area contributed by atoms with E-state index >= 15 is 0 Å². The number of carbonyl (C=O) groups excluding carboxylic acids is 1. The molecule has 0 aliphatic rings. The molecule has 0 atom stereocenters. The van der Waals surface area contributed by atoms with E-state index in [1.165, 1.54) is 13.3 Å². The van der Waals surface area contributed by atoms with Crippen LogP contribution in [0.15, 0.2) is 28.8 Å².